The molecular formula is C14H16ClNO5. The monoisotopic (exact) mass is 313 g/mol. The molecule has 1 unspecified atom stereocenters. The second-order valence-corrected chi connectivity index (χ2v) is 5.55. The standard InChI is InChI=1S/C14H16ClNO5/c15-10-3-1-9(2-4-10)11(17)12(18)16-7-5-14(21,6-8-16)13(19)20/h1-4,11,17,21H,5-8H2,(H,19,20). The maximum Gasteiger partial charge on any atom is 0.335 e. The summed E-state index contributed by atoms with van der Waals surface area (Å²) in [6, 6.07) is 6.27. The van der Waals surface area contributed by atoms with Crippen LogP contribution in [0.25, 0.3) is 0 Å². The molecule has 1 amide bonds. The summed E-state index contributed by atoms with van der Waals surface area (Å²) in [6.07, 6.45) is -1.43. The normalized spacial score (nSPS) is 19.1. The summed E-state index contributed by atoms with van der Waals surface area (Å²) in [4.78, 5) is 24.5. The topological polar surface area (TPSA) is 98.1 Å². The predicted molar refractivity (Wildman–Crippen MR) is 74.8 cm³/mol. The molecule has 114 valence electrons. The molecule has 0 saturated carbocycles. The van der Waals surface area contributed by atoms with Gasteiger partial charge in [0.2, 0.25) is 0 Å². The molecule has 6 nitrogen and oxygen atoms in total. The van der Waals surface area contributed by atoms with Crippen LogP contribution < -0.4 is 0 Å². The van der Waals surface area contributed by atoms with Gasteiger partial charge in [0.1, 0.15) is 0 Å². The van der Waals surface area contributed by atoms with E-state index in [1.54, 1.807) is 24.3 Å². The van der Waals surface area contributed by atoms with E-state index in [-0.39, 0.29) is 25.9 Å². The van der Waals surface area contributed by atoms with Gasteiger partial charge in [-0.1, -0.05) is 23.7 Å². The van der Waals surface area contributed by atoms with Gasteiger partial charge in [-0.15, -0.1) is 0 Å². The van der Waals surface area contributed by atoms with Crippen LogP contribution in [0.3, 0.4) is 0 Å². The highest BCUT2D eigenvalue weighted by Gasteiger charge is 2.41. The van der Waals surface area contributed by atoms with E-state index < -0.39 is 23.6 Å². The zero-order valence-corrected chi connectivity index (χ0v) is 12.0. The largest absolute Gasteiger partial charge is 0.479 e. The Labute approximate surface area is 126 Å². The number of rotatable bonds is 3. The van der Waals surface area contributed by atoms with Crippen LogP contribution in [0.4, 0.5) is 0 Å². The van der Waals surface area contributed by atoms with Crippen LogP contribution in [0.15, 0.2) is 24.3 Å². The molecule has 3 N–H and O–H groups in total. The van der Waals surface area contributed by atoms with Crippen molar-refractivity contribution in [3.8, 4) is 0 Å². The summed E-state index contributed by atoms with van der Waals surface area (Å²) < 4.78 is 0. The number of aliphatic carboxylic acids is 1. The van der Waals surface area contributed by atoms with Crippen LogP contribution in [0.2, 0.25) is 5.02 Å². The Morgan fingerprint density at radius 3 is 2.19 bits per heavy atom. The van der Waals surface area contributed by atoms with Crippen LogP contribution in [-0.2, 0) is 9.59 Å². The zero-order chi connectivity index (χ0) is 15.6. The fraction of sp³-hybridized carbons (Fsp3) is 0.429. The van der Waals surface area contributed by atoms with Crippen molar-refractivity contribution in [1.29, 1.82) is 0 Å². The Hall–Kier alpha value is -1.63. The fourth-order valence-electron chi connectivity index (χ4n) is 2.27. The molecule has 1 aliphatic rings. The first kappa shape index (κ1) is 15.8. The smallest absolute Gasteiger partial charge is 0.335 e. The minimum absolute atomic E-state index is 0.0542. The van der Waals surface area contributed by atoms with E-state index in [1.165, 1.54) is 4.90 Å². The molecular weight excluding hydrogens is 298 g/mol. The molecule has 0 spiro atoms. The molecule has 7 heteroatoms. The van der Waals surface area contributed by atoms with Crippen LogP contribution >= 0.6 is 11.6 Å². The Morgan fingerprint density at radius 2 is 1.71 bits per heavy atom. The lowest BCUT2D eigenvalue weighted by Gasteiger charge is -2.36. The van der Waals surface area contributed by atoms with Gasteiger partial charge >= 0.3 is 5.97 Å². The highest BCUT2D eigenvalue weighted by atomic mass is 35.5. The molecule has 21 heavy (non-hydrogen) atoms. The molecule has 1 fully saturated rings. The number of piperidine rings is 1. The number of aliphatic hydroxyl groups is 2. The van der Waals surface area contributed by atoms with Gasteiger partial charge in [0.05, 0.1) is 0 Å². The van der Waals surface area contributed by atoms with Crippen molar-refractivity contribution in [3.63, 3.8) is 0 Å². The van der Waals surface area contributed by atoms with Crippen molar-refractivity contribution in [3.05, 3.63) is 34.9 Å². The fourth-order valence-corrected chi connectivity index (χ4v) is 2.40. The summed E-state index contributed by atoms with van der Waals surface area (Å²) in [5.41, 5.74) is -1.37. The molecule has 1 aliphatic heterocycles. The number of hydrogen-bond donors (Lipinski definition) is 3. The average molecular weight is 314 g/mol. The number of aliphatic hydroxyl groups excluding tert-OH is 1. The van der Waals surface area contributed by atoms with Crippen LogP contribution in [0.5, 0.6) is 0 Å². The maximum absolute atomic E-state index is 12.2. The van der Waals surface area contributed by atoms with Crippen LogP contribution in [-0.4, -0.2) is 50.8 Å². The van der Waals surface area contributed by atoms with Crippen molar-refractivity contribution in [2.45, 2.75) is 24.5 Å². The molecule has 1 heterocycles. The van der Waals surface area contributed by atoms with E-state index in [0.29, 0.717) is 10.6 Å². The first-order valence-electron chi connectivity index (χ1n) is 6.51. The van der Waals surface area contributed by atoms with E-state index in [1.807, 2.05) is 0 Å². The summed E-state index contributed by atoms with van der Waals surface area (Å²) in [6.45, 7) is 0.179. The number of benzene rings is 1. The highest BCUT2D eigenvalue weighted by Crippen LogP contribution is 2.25. The van der Waals surface area contributed by atoms with E-state index in [2.05, 4.69) is 0 Å². The third kappa shape index (κ3) is 3.34. The summed E-state index contributed by atoms with van der Waals surface area (Å²) in [7, 11) is 0. The molecule has 0 radical (unpaired) electrons. The number of halogens is 1. The van der Waals surface area contributed by atoms with Crippen LogP contribution in [0.1, 0.15) is 24.5 Å². The van der Waals surface area contributed by atoms with Crippen molar-refractivity contribution in [2.75, 3.05) is 13.1 Å². The minimum atomic E-state index is -1.79. The maximum atomic E-state index is 12.2. The SMILES string of the molecule is O=C(C(O)c1ccc(Cl)cc1)N1CCC(O)(C(=O)O)CC1. The molecule has 0 aromatic heterocycles. The van der Waals surface area contributed by atoms with Gasteiger partial charge in [-0.25, -0.2) is 4.79 Å². The second-order valence-electron chi connectivity index (χ2n) is 5.12. The number of hydrogen-bond acceptors (Lipinski definition) is 4. The van der Waals surface area contributed by atoms with E-state index >= 15 is 0 Å². The molecule has 0 bridgehead atoms. The molecule has 1 saturated heterocycles. The number of likely N-dealkylation sites (tertiary alicyclic amines) is 1. The summed E-state index contributed by atoms with van der Waals surface area (Å²) in [5, 5.41) is 29.3. The van der Waals surface area contributed by atoms with Crippen molar-refractivity contribution in [1.82, 2.24) is 4.90 Å². The Kier molecular flexibility index (Phi) is 4.51. The zero-order valence-electron chi connectivity index (χ0n) is 11.2. The lowest BCUT2D eigenvalue weighted by molar-refractivity contribution is -0.166. The number of amides is 1. The number of carbonyl (C=O) groups is 2. The van der Waals surface area contributed by atoms with Crippen molar-refractivity contribution >= 4 is 23.5 Å². The van der Waals surface area contributed by atoms with Gasteiger partial charge in [0.25, 0.3) is 5.91 Å². The Bertz CT molecular complexity index is 537. The minimum Gasteiger partial charge on any atom is -0.479 e. The number of carboxylic acids is 1. The van der Waals surface area contributed by atoms with E-state index in [9.17, 15) is 19.8 Å². The molecule has 2 rings (SSSR count). The number of nitrogens with zero attached hydrogens (tertiary/aromatic N) is 1. The summed E-state index contributed by atoms with van der Waals surface area (Å²) in [5.74, 6) is -1.79. The lowest BCUT2D eigenvalue weighted by Crippen LogP contribution is -2.51. The van der Waals surface area contributed by atoms with E-state index in [0.717, 1.165) is 0 Å². The number of carbonyl (C=O) groups excluding carboxylic acids is 1. The Morgan fingerprint density at radius 1 is 1.19 bits per heavy atom. The summed E-state index contributed by atoms with van der Waals surface area (Å²) >= 11 is 5.75. The highest BCUT2D eigenvalue weighted by molar-refractivity contribution is 6.30. The second kappa shape index (κ2) is 6.01. The molecule has 0 aliphatic carbocycles. The van der Waals surface area contributed by atoms with Crippen LogP contribution in [0, 0.1) is 0 Å². The number of carboxylic acid groups (broad SMARTS) is 1. The van der Waals surface area contributed by atoms with Gasteiger partial charge in [-0.3, -0.25) is 4.79 Å². The molecule has 1 atom stereocenters. The van der Waals surface area contributed by atoms with Gasteiger partial charge < -0.3 is 20.2 Å². The van der Waals surface area contributed by atoms with Gasteiger partial charge in [0, 0.05) is 31.0 Å². The van der Waals surface area contributed by atoms with Gasteiger partial charge in [0.15, 0.2) is 11.7 Å². The van der Waals surface area contributed by atoms with E-state index in [4.69, 9.17) is 16.7 Å². The molecule has 1 aromatic carbocycles. The quantitative estimate of drug-likeness (QED) is 0.767. The lowest BCUT2D eigenvalue weighted by atomic mass is 9.91. The third-order valence-electron chi connectivity index (χ3n) is 3.72. The first-order valence-corrected chi connectivity index (χ1v) is 6.89. The Balaban J connectivity index is 2.01. The first-order chi connectivity index (χ1) is 9.83. The van der Waals surface area contributed by atoms with Gasteiger partial charge in [-0.05, 0) is 17.7 Å². The van der Waals surface area contributed by atoms with Crippen molar-refractivity contribution < 1.29 is 24.9 Å². The third-order valence-corrected chi connectivity index (χ3v) is 3.97. The predicted octanol–water partition coefficient (Wildman–Crippen LogP) is 0.812. The van der Waals surface area contributed by atoms with Crippen molar-refractivity contribution in [2.24, 2.45) is 0 Å². The average Bonchev–Trinajstić information content (AvgIpc) is 2.47. The molecule has 1 aromatic rings. The van der Waals surface area contributed by atoms with Gasteiger partial charge in [-0.2, -0.15) is 0 Å².